The number of rotatable bonds is 5. The molecule has 0 saturated carbocycles. The van der Waals surface area contributed by atoms with E-state index in [2.05, 4.69) is 41.4 Å². The van der Waals surface area contributed by atoms with Crippen molar-refractivity contribution in [1.82, 2.24) is 15.0 Å². The van der Waals surface area contributed by atoms with Crippen molar-refractivity contribution >= 4 is 40.0 Å². The Balaban J connectivity index is 1.57. The van der Waals surface area contributed by atoms with Crippen LogP contribution in [0.25, 0.3) is 0 Å². The highest BCUT2D eigenvalue weighted by molar-refractivity contribution is 9.10. The van der Waals surface area contributed by atoms with Crippen LogP contribution in [0.15, 0.2) is 21.7 Å². The minimum Gasteiger partial charge on any atom is -0.507 e. The van der Waals surface area contributed by atoms with E-state index < -0.39 is 0 Å². The number of halogens is 1. The second-order valence-electron chi connectivity index (χ2n) is 6.69. The van der Waals surface area contributed by atoms with E-state index in [0.717, 1.165) is 0 Å². The average Bonchev–Trinajstić information content (AvgIpc) is 2.78. The lowest BCUT2D eigenvalue weighted by Crippen LogP contribution is -2.40. The number of ether oxygens (including phenoxy) is 2. The zero-order valence-electron chi connectivity index (χ0n) is 16.2. The van der Waals surface area contributed by atoms with E-state index in [9.17, 15) is 10.2 Å². The molecule has 1 aromatic carbocycles. The molecular formula is C18H22BrN7O4. The van der Waals surface area contributed by atoms with Crippen molar-refractivity contribution in [2.45, 2.75) is 0 Å². The topological polar surface area (TPSA) is 128 Å². The van der Waals surface area contributed by atoms with Crippen LogP contribution in [0.1, 0.15) is 5.56 Å². The normalized spacial score (nSPS) is 17.5. The van der Waals surface area contributed by atoms with Crippen molar-refractivity contribution in [3.63, 3.8) is 0 Å². The number of aromatic nitrogens is 3. The molecule has 3 heterocycles. The van der Waals surface area contributed by atoms with Gasteiger partial charge in [-0.25, -0.2) is 5.43 Å². The summed E-state index contributed by atoms with van der Waals surface area (Å²) < 4.78 is 11.3. The van der Waals surface area contributed by atoms with Crippen LogP contribution in [0, 0.1) is 0 Å². The van der Waals surface area contributed by atoms with Crippen molar-refractivity contribution in [3.8, 4) is 11.5 Å². The Bertz CT molecular complexity index is 881. The Morgan fingerprint density at radius 1 is 0.900 bits per heavy atom. The molecule has 0 radical (unpaired) electrons. The number of aromatic hydroxyl groups is 2. The van der Waals surface area contributed by atoms with Gasteiger partial charge in [-0.15, -0.1) is 0 Å². The maximum Gasteiger partial charge on any atom is 0.250 e. The van der Waals surface area contributed by atoms with Crippen molar-refractivity contribution in [2.24, 2.45) is 5.10 Å². The van der Waals surface area contributed by atoms with Gasteiger partial charge in [-0.1, -0.05) is 0 Å². The molecule has 2 aliphatic rings. The molecule has 4 rings (SSSR count). The van der Waals surface area contributed by atoms with E-state index in [-0.39, 0.29) is 11.5 Å². The Labute approximate surface area is 181 Å². The van der Waals surface area contributed by atoms with Gasteiger partial charge in [-0.2, -0.15) is 20.1 Å². The molecule has 0 spiro atoms. The van der Waals surface area contributed by atoms with Crippen LogP contribution in [0.3, 0.4) is 0 Å². The van der Waals surface area contributed by atoms with E-state index in [4.69, 9.17) is 9.47 Å². The van der Waals surface area contributed by atoms with Gasteiger partial charge in [-0.3, -0.25) is 0 Å². The predicted octanol–water partition coefficient (Wildman–Crippen LogP) is 1.16. The van der Waals surface area contributed by atoms with Crippen LogP contribution in [0.2, 0.25) is 0 Å². The molecule has 12 heteroatoms. The van der Waals surface area contributed by atoms with Crippen molar-refractivity contribution < 1.29 is 19.7 Å². The van der Waals surface area contributed by atoms with Gasteiger partial charge in [-0.05, 0) is 22.0 Å². The Morgan fingerprint density at radius 2 is 1.47 bits per heavy atom. The smallest absolute Gasteiger partial charge is 0.250 e. The van der Waals surface area contributed by atoms with Gasteiger partial charge in [0.15, 0.2) is 0 Å². The van der Waals surface area contributed by atoms with Crippen LogP contribution >= 0.6 is 15.9 Å². The molecule has 3 N–H and O–H groups in total. The van der Waals surface area contributed by atoms with Crippen LogP contribution < -0.4 is 15.2 Å². The minimum absolute atomic E-state index is 0.0552. The molecule has 11 nitrogen and oxygen atoms in total. The largest absolute Gasteiger partial charge is 0.507 e. The lowest BCUT2D eigenvalue weighted by Gasteiger charge is -2.30. The molecule has 160 valence electrons. The second kappa shape index (κ2) is 9.41. The third-order valence-electron chi connectivity index (χ3n) is 4.66. The molecule has 2 aromatic rings. The van der Waals surface area contributed by atoms with Crippen LogP contribution in [-0.2, 0) is 9.47 Å². The monoisotopic (exact) mass is 479 g/mol. The van der Waals surface area contributed by atoms with Gasteiger partial charge in [0.2, 0.25) is 17.8 Å². The fourth-order valence-corrected chi connectivity index (χ4v) is 3.40. The Hall–Kier alpha value is -2.70. The highest BCUT2D eigenvalue weighted by atomic mass is 79.9. The third-order valence-corrected chi connectivity index (χ3v) is 5.30. The molecule has 0 atom stereocenters. The van der Waals surface area contributed by atoms with E-state index in [0.29, 0.717) is 80.5 Å². The number of phenolic OH excluding ortho intramolecular Hbond substituents is 2. The Morgan fingerprint density at radius 3 is 2.03 bits per heavy atom. The molecule has 2 aliphatic heterocycles. The fraction of sp³-hybridized carbons (Fsp3) is 0.444. The SMILES string of the molecule is Oc1cc(O)c(/C=N/Nc2nc(N3CCOCC3)nc(N3CCOCC3)n2)cc1Br. The molecule has 30 heavy (non-hydrogen) atoms. The number of nitrogens with one attached hydrogen (secondary N) is 1. The van der Waals surface area contributed by atoms with E-state index in [1.807, 2.05) is 9.80 Å². The van der Waals surface area contributed by atoms with E-state index >= 15 is 0 Å². The van der Waals surface area contributed by atoms with Crippen molar-refractivity contribution in [1.29, 1.82) is 0 Å². The Kier molecular flexibility index (Phi) is 6.45. The highest BCUT2D eigenvalue weighted by Gasteiger charge is 2.20. The number of benzene rings is 1. The van der Waals surface area contributed by atoms with Gasteiger partial charge in [0, 0.05) is 37.8 Å². The lowest BCUT2D eigenvalue weighted by molar-refractivity contribution is 0.121. The summed E-state index contributed by atoms with van der Waals surface area (Å²) in [4.78, 5) is 17.7. The molecule has 2 saturated heterocycles. The predicted molar refractivity (Wildman–Crippen MR) is 115 cm³/mol. The number of nitrogens with zero attached hydrogens (tertiary/aromatic N) is 6. The van der Waals surface area contributed by atoms with E-state index in [1.54, 1.807) is 6.07 Å². The third kappa shape index (κ3) is 4.89. The van der Waals surface area contributed by atoms with Crippen molar-refractivity contribution in [3.05, 3.63) is 22.2 Å². The van der Waals surface area contributed by atoms with Crippen LogP contribution in [0.4, 0.5) is 17.8 Å². The molecule has 2 fully saturated rings. The molecule has 0 unspecified atom stereocenters. The standard InChI is InChI=1S/C18H22BrN7O4/c19-13-9-12(14(27)10-15(13)28)11-20-24-16-21-17(25-1-5-29-6-2-25)23-18(22-16)26-3-7-30-8-4-26/h9-11,27-28H,1-8H2,(H,21,22,23,24)/b20-11+. The molecule has 1 aromatic heterocycles. The van der Waals surface area contributed by atoms with Gasteiger partial charge < -0.3 is 29.5 Å². The van der Waals surface area contributed by atoms with E-state index in [1.165, 1.54) is 12.3 Å². The summed E-state index contributed by atoms with van der Waals surface area (Å²) in [6.07, 6.45) is 1.42. The zero-order valence-corrected chi connectivity index (χ0v) is 17.7. The summed E-state index contributed by atoms with van der Waals surface area (Å²) in [6, 6.07) is 2.79. The van der Waals surface area contributed by atoms with Crippen LogP contribution in [0.5, 0.6) is 11.5 Å². The lowest BCUT2D eigenvalue weighted by atomic mass is 10.2. The van der Waals surface area contributed by atoms with Gasteiger partial charge >= 0.3 is 0 Å². The zero-order chi connectivity index (χ0) is 20.9. The molecular weight excluding hydrogens is 458 g/mol. The summed E-state index contributed by atoms with van der Waals surface area (Å²) in [7, 11) is 0. The summed E-state index contributed by atoms with van der Waals surface area (Å²) >= 11 is 3.22. The first-order valence-electron chi connectivity index (χ1n) is 9.52. The first-order valence-corrected chi connectivity index (χ1v) is 10.3. The summed E-state index contributed by atoms with van der Waals surface area (Å²) in [5, 5.41) is 23.7. The maximum atomic E-state index is 9.96. The molecule has 0 aliphatic carbocycles. The highest BCUT2D eigenvalue weighted by Crippen LogP contribution is 2.30. The average molecular weight is 480 g/mol. The fourth-order valence-electron chi connectivity index (χ4n) is 3.04. The number of hydrazone groups is 1. The summed E-state index contributed by atoms with van der Waals surface area (Å²) in [5.41, 5.74) is 3.24. The number of hydrogen-bond donors (Lipinski definition) is 3. The number of phenols is 2. The van der Waals surface area contributed by atoms with Gasteiger partial charge in [0.05, 0.1) is 37.1 Å². The van der Waals surface area contributed by atoms with Gasteiger partial charge in [0.1, 0.15) is 11.5 Å². The maximum absolute atomic E-state index is 9.96. The number of anilines is 3. The first kappa shape index (κ1) is 20.6. The van der Waals surface area contributed by atoms with Crippen LogP contribution in [-0.4, -0.2) is 84.0 Å². The summed E-state index contributed by atoms with van der Waals surface area (Å²) in [5.74, 6) is 1.26. The minimum atomic E-state index is -0.0973. The van der Waals surface area contributed by atoms with Crippen molar-refractivity contribution in [2.75, 3.05) is 67.8 Å². The number of morpholine rings is 2. The molecule has 0 amide bonds. The molecule has 0 bridgehead atoms. The second-order valence-corrected chi connectivity index (χ2v) is 7.54. The first-order chi connectivity index (χ1) is 14.6. The van der Waals surface area contributed by atoms with Gasteiger partial charge in [0.25, 0.3) is 0 Å². The summed E-state index contributed by atoms with van der Waals surface area (Å²) in [6.45, 7) is 5.27. The number of hydrogen-bond acceptors (Lipinski definition) is 11. The quantitative estimate of drug-likeness (QED) is 0.424.